The number of aliphatic hydroxyl groups is 1. The van der Waals surface area contributed by atoms with Gasteiger partial charge in [-0.3, -0.25) is 4.57 Å². The average Bonchev–Trinajstić information content (AvgIpc) is 2.94. The van der Waals surface area contributed by atoms with Gasteiger partial charge in [-0.05, 0) is 6.42 Å². The number of nitrogens with zero attached hydrogens (tertiary/aromatic N) is 4. The molecular weight excluding hydrogens is 275 g/mol. The van der Waals surface area contributed by atoms with Crippen LogP contribution in [0.2, 0.25) is 5.15 Å². The first-order valence-electron chi connectivity index (χ1n) is 5.94. The first kappa shape index (κ1) is 12.7. The van der Waals surface area contributed by atoms with E-state index in [1.807, 2.05) is 0 Å². The molecule has 1 aliphatic heterocycles. The smallest absolute Gasteiger partial charge is 0.167 e. The third-order valence-corrected chi connectivity index (χ3v) is 3.56. The van der Waals surface area contributed by atoms with Crippen LogP contribution in [-0.2, 0) is 4.74 Å². The van der Waals surface area contributed by atoms with Crippen molar-refractivity contribution in [3.8, 4) is 0 Å². The van der Waals surface area contributed by atoms with E-state index in [1.54, 1.807) is 6.92 Å². The number of hydrogen-bond donors (Lipinski definition) is 1. The predicted octanol–water partition coefficient (Wildman–Crippen LogP) is 1.49. The normalized spacial score (nSPS) is 31.2. The molecular formula is C11H12ClFN4O2. The highest BCUT2D eigenvalue weighted by molar-refractivity contribution is 6.33. The minimum Gasteiger partial charge on any atom is -0.385 e. The molecule has 6 nitrogen and oxygen atoms in total. The third-order valence-electron chi connectivity index (χ3n) is 3.28. The molecule has 0 aliphatic carbocycles. The van der Waals surface area contributed by atoms with Gasteiger partial charge >= 0.3 is 0 Å². The standard InChI is InChI=1S/C11H12ClFN4O2/c1-2-5-6(13)8(18)11(19-5)17-4-16-7-9(12)14-3-15-10(7)17/h3-6,8,11,18H,2H2,1H3/t5-,6-,8-,11-/m1/s1. The molecule has 0 bridgehead atoms. The highest BCUT2D eigenvalue weighted by atomic mass is 35.5. The number of rotatable bonds is 2. The molecule has 3 heterocycles. The van der Waals surface area contributed by atoms with Crippen LogP contribution < -0.4 is 0 Å². The van der Waals surface area contributed by atoms with Crippen molar-refractivity contribution in [2.75, 3.05) is 0 Å². The van der Waals surface area contributed by atoms with E-state index in [0.29, 0.717) is 17.6 Å². The Balaban J connectivity index is 2.04. The van der Waals surface area contributed by atoms with Crippen molar-refractivity contribution in [2.24, 2.45) is 0 Å². The molecule has 1 saturated heterocycles. The molecule has 102 valence electrons. The Hall–Kier alpha value is -1.31. The molecule has 3 rings (SSSR count). The number of ether oxygens (including phenoxy) is 1. The summed E-state index contributed by atoms with van der Waals surface area (Å²) in [6, 6.07) is 0. The van der Waals surface area contributed by atoms with Crippen molar-refractivity contribution in [1.29, 1.82) is 0 Å². The number of fused-ring (bicyclic) bond motifs is 1. The highest BCUT2D eigenvalue weighted by Crippen LogP contribution is 2.34. The molecule has 1 N–H and O–H groups in total. The van der Waals surface area contributed by atoms with Gasteiger partial charge in [0.2, 0.25) is 0 Å². The number of aliphatic hydroxyl groups excluding tert-OH is 1. The number of halogens is 2. The zero-order valence-electron chi connectivity index (χ0n) is 10.1. The van der Waals surface area contributed by atoms with Gasteiger partial charge in [-0.2, -0.15) is 0 Å². The Bertz CT molecular complexity index is 607. The van der Waals surface area contributed by atoms with E-state index >= 15 is 0 Å². The molecule has 8 heteroatoms. The highest BCUT2D eigenvalue weighted by Gasteiger charge is 2.44. The van der Waals surface area contributed by atoms with Gasteiger partial charge in [0, 0.05) is 0 Å². The van der Waals surface area contributed by atoms with E-state index < -0.39 is 24.6 Å². The van der Waals surface area contributed by atoms with Crippen molar-refractivity contribution in [3.05, 3.63) is 17.8 Å². The molecule has 0 radical (unpaired) electrons. The maximum atomic E-state index is 13.8. The van der Waals surface area contributed by atoms with Crippen molar-refractivity contribution in [2.45, 2.75) is 38.0 Å². The fourth-order valence-electron chi connectivity index (χ4n) is 2.27. The first-order valence-corrected chi connectivity index (χ1v) is 6.32. The largest absolute Gasteiger partial charge is 0.385 e. The van der Waals surface area contributed by atoms with Crippen LogP contribution in [0.3, 0.4) is 0 Å². The summed E-state index contributed by atoms with van der Waals surface area (Å²) < 4.78 is 20.8. The summed E-state index contributed by atoms with van der Waals surface area (Å²) in [7, 11) is 0. The lowest BCUT2D eigenvalue weighted by Gasteiger charge is -2.15. The molecule has 19 heavy (non-hydrogen) atoms. The summed E-state index contributed by atoms with van der Waals surface area (Å²) in [5.41, 5.74) is 0.809. The second kappa shape index (κ2) is 4.66. The topological polar surface area (TPSA) is 73.1 Å². The maximum Gasteiger partial charge on any atom is 0.167 e. The number of imidazole rings is 1. The lowest BCUT2D eigenvalue weighted by atomic mass is 10.1. The second-order valence-electron chi connectivity index (χ2n) is 4.40. The number of alkyl halides is 1. The average molecular weight is 287 g/mol. The monoisotopic (exact) mass is 286 g/mol. The van der Waals surface area contributed by atoms with E-state index in [1.165, 1.54) is 17.2 Å². The lowest BCUT2D eigenvalue weighted by Crippen LogP contribution is -2.27. The molecule has 0 unspecified atom stereocenters. The van der Waals surface area contributed by atoms with Gasteiger partial charge in [0.25, 0.3) is 0 Å². The Morgan fingerprint density at radius 3 is 2.95 bits per heavy atom. The van der Waals surface area contributed by atoms with Gasteiger partial charge in [-0.25, -0.2) is 19.3 Å². The molecule has 0 amide bonds. The van der Waals surface area contributed by atoms with Crippen molar-refractivity contribution < 1.29 is 14.2 Å². The van der Waals surface area contributed by atoms with Crippen molar-refractivity contribution in [3.63, 3.8) is 0 Å². The van der Waals surface area contributed by atoms with E-state index in [-0.39, 0.29) is 5.15 Å². The molecule has 1 fully saturated rings. The quantitative estimate of drug-likeness (QED) is 0.847. The van der Waals surface area contributed by atoms with Crippen LogP contribution in [0, 0.1) is 0 Å². The van der Waals surface area contributed by atoms with Crippen LogP contribution in [0.4, 0.5) is 4.39 Å². The molecule has 4 atom stereocenters. The summed E-state index contributed by atoms with van der Waals surface area (Å²) in [6.07, 6.45) is -0.971. The van der Waals surface area contributed by atoms with Gasteiger partial charge in [-0.1, -0.05) is 18.5 Å². The zero-order valence-corrected chi connectivity index (χ0v) is 10.8. The number of hydrogen-bond acceptors (Lipinski definition) is 5. The van der Waals surface area contributed by atoms with Crippen LogP contribution in [0.1, 0.15) is 19.6 Å². The van der Waals surface area contributed by atoms with Gasteiger partial charge in [0.1, 0.15) is 17.9 Å². The zero-order chi connectivity index (χ0) is 13.6. The minimum atomic E-state index is -1.43. The molecule has 2 aromatic heterocycles. The van der Waals surface area contributed by atoms with Gasteiger partial charge in [0.05, 0.1) is 12.4 Å². The summed E-state index contributed by atoms with van der Waals surface area (Å²) >= 11 is 5.89. The third kappa shape index (κ3) is 1.89. The Morgan fingerprint density at radius 1 is 1.47 bits per heavy atom. The molecule has 0 saturated carbocycles. The fraction of sp³-hybridized carbons (Fsp3) is 0.545. The second-order valence-corrected chi connectivity index (χ2v) is 4.75. The minimum absolute atomic E-state index is 0.208. The van der Waals surface area contributed by atoms with Crippen LogP contribution >= 0.6 is 11.6 Å². The van der Waals surface area contributed by atoms with E-state index in [4.69, 9.17) is 16.3 Å². The first-order chi connectivity index (χ1) is 9.13. The van der Waals surface area contributed by atoms with E-state index in [0.717, 1.165) is 0 Å². The van der Waals surface area contributed by atoms with Gasteiger partial charge < -0.3 is 9.84 Å². The van der Waals surface area contributed by atoms with Crippen molar-refractivity contribution in [1.82, 2.24) is 19.5 Å². The van der Waals surface area contributed by atoms with Gasteiger partial charge in [-0.15, -0.1) is 0 Å². The molecule has 0 spiro atoms. The van der Waals surface area contributed by atoms with Crippen LogP contribution in [0.5, 0.6) is 0 Å². The SMILES string of the molecule is CC[C@H]1O[C@@H](n2cnc3c(Cl)ncnc32)[C@H](O)[C@@H]1F. The van der Waals surface area contributed by atoms with E-state index in [9.17, 15) is 9.50 Å². The lowest BCUT2D eigenvalue weighted by molar-refractivity contribution is -0.0355. The summed E-state index contributed by atoms with van der Waals surface area (Å²) in [4.78, 5) is 11.9. The van der Waals surface area contributed by atoms with Crippen LogP contribution in [0.15, 0.2) is 12.7 Å². The van der Waals surface area contributed by atoms with Crippen LogP contribution in [0.25, 0.3) is 11.2 Å². The molecule has 2 aromatic rings. The maximum absolute atomic E-state index is 13.8. The Kier molecular flexibility index (Phi) is 3.12. The summed E-state index contributed by atoms with van der Waals surface area (Å²) in [5, 5.41) is 10.1. The Morgan fingerprint density at radius 2 is 2.26 bits per heavy atom. The summed E-state index contributed by atoms with van der Waals surface area (Å²) in [5.74, 6) is 0. The molecule has 1 aliphatic rings. The molecule has 0 aromatic carbocycles. The Labute approximate surface area is 113 Å². The van der Waals surface area contributed by atoms with Crippen LogP contribution in [-0.4, -0.2) is 43.0 Å². The fourth-order valence-corrected chi connectivity index (χ4v) is 2.45. The van der Waals surface area contributed by atoms with Crippen molar-refractivity contribution >= 4 is 22.8 Å². The number of aromatic nitrogens is 4. The summed E-state index contributed by atoms with van der Waals surface area (Å²) in [6.45, 7) is 1.80. The predicted molar refractivity (Wildman–Crippen MR) is 65.4 cm³/mol. The van der Waals surface area contributed by atoms with E-state index in [2.05, 4.69) is 15.0 Å². The van der Waals surface area contributed by atoms with Gasteiger partial charge in [0.15, 0.2) is 23.2 Å².